The topological polar surface area (TPSA) is 60.9 Å². The first-order valence-electron chi connectivity index (χ1n) is 7.37. The summed E-state index contributed by atoms with van der Waals surface area (Å²) in [5.41, 5.74) is 0.701. The molecular weight excluding hydrogens is 288 g/mol. The summed E-state index contributed by atoms with van der Waals surface area (Å²) in [5.74, 6) is 0. The molecule has 0 aliphatic heterocycles. The number of para-hydroxylation sites is 1. The van der Waals surface area contributed by atoms with Gasteiger partial charge in [-0.25, -0.2) is 12.7 Å². The Hall–Kier alpha value is -1.11. The lowest BCUT2D eigenvalue weighted by Gasteiger charge is -2.32. The van der Waals surface area contributed by atoms with E-state index >= 15 is 0 Å². The zero-order chi connectivity index (χ0) is 15.5. The molecule has 0 radical (unpaired) electrons. The molecule has 1 saturated carbocycles. The van der Waals surface area contributed by atoms with E-state index in [-0.39, 0.29) is 6.61 Å². The second-order valence-corrected chi connectivity index (χ2v) is 7.73. The maximum Gasteiger partial charge on any atom is 0.244 e. The molecule has 0 saturated heterocycles. The molecule has 1 aliphatic rings. The number of aliphatic hydroxyl groups excluding tert-OH is 1. The fraction of sp³-hybridized carbons (Fsp3) is 0.600. The minimum Gasteiger partial charge on any atom is -0.395 e. The van der Waals surface area contributed by atoms with Crippen molar-refractivity contribution in [2.75, 3.05) is 32.1 Å². The molecule has 1 aromatic carbocycles. The van der Waals surface area contributed by atoms with E-state index in [1.54, 1.807) is 12.1 Å². The van der Waals surface area contributed by atoms with Crippen LogP contribution in [0.25, 0.3) is 0 Å². The molecule has 118 valence electrons. The average molecular weight is 312 g/mol. The smallest absolute Gasteiger partial charge is 0.244 e. The molecule has 2 rings (SSSR count). The third-order valence-corrected chi connectivity index (χ3v) is 5.90. The van der Waals surface area contributed by atoms with Crippen molar-refractivity contribution in [3.63, 3.8) is 0 Å². The Morgan fingerprint density at radius 3 is 2.38 bits per heavy atom. The first-order chi connectivity index (χ1) is 9.98. The molecule has 21 heavy (non-hydrogen) atoms. The first-order valence-corrected chi connectivity index (χ1v) is 8.81. The zero-order valence-corrected chi connectivity index (χ0v) is 13.5. The lowest BCUT2D eigenvalue weighted by Crippen LogP contribution is -2.37. The molecule has 1 N–H and O–H groups in total. The quantitative estimate of drug-likeness (QED) is 0.868. The molecule has 1 aliphatic carbocycles. The molecule has 1 aromatic rings. The Labute approximate surface area is 127 Å². The first kappa shape index (κ1) is 16.3. The molecule has 0 unspecified atom stereocenters. The fourth-order valence-electron chi connectivity index (χ4n) is 2.93. The second kappa shape index (κ2) is 6.77. The van der Waals surface area contributed by atoms with E-state index in [1.807, 2.05) is 12.1 Å². The van der Waals surface area contributed by atoms with Crippen LogP contribution in [0.2, 0.25) is 0 Å². The number of benzene rings is 1. The standard InChI is InChI=1S/C15H24N2O3S/c1-16(2)21(19,20)15-10-6-5-9-14(15)17(11-12-18)13-7-3-4-8-13/h5-6,9-10,13,18H,3-4,7-8,11-12H2,1-2H3. The van der Waals surface area contributed by atoms with Crippen LogP contribution in [0.5, 0.6) is 0 Å². The highest BCUT2D eigenvalue weighted by Crippen LogP contribution is 2.33. The van der Waals surface area contributed by atoms with Crippen molar-refractivity contribution in [3.05, 3.63) is 24.3 Å². The van der Waals surface area contributed by atoms with Gasteiger partial charge in [-0.15, -0.1) is 0 Å². The largest absolute Gasteiger partial charge is 0.395 e. The van der Waals surface area contributed by atoms with Gasteiger partial charge in [0.15, 0.2) is 0 Å². The van der Waals surface area contributed by atoms with Crippen molar-refractivity contribution in [3.8, 4) is 0 Å². The molecule has 0 bridgehead atoms. The van der Waals surface area contributed by atoms with Crippen molar-refractivity contribution >= 4 is 15.7 Å². The molecule has 1 fully saturated rings. The predicted molar refractivity (Wildman–Crippen MR) is 84.0 cm³/mol. The van der Waals surface area contributed by atoms with Crippen LogP contribution in [-0.4, -0.2) is 51.1 Å². The van der Waals surface area contributed by atoms with Crippen LogP contribution in [0.3, 0.4) is 0 Å². The summed E-state index contributed by atoms with van der Waals surface area (Å²) >= 11 is 0. The normalized spacial score (nSPS) is 16.6. The summed E-state index contributed by atoms with van der Waals surface area (Å²) in [6, 6.07) is 7.39. The summed E-state index contributed by atoms with van der Waals surface area (Å²) < 4.78 is 26.3. The van der Waals surface area contributed by atoms with E-state index in [0.717, 1.165) is 25.7 Å². The lowest BCUT2D eigenvalue weighted by molar-refractivity contribution is 0.297. The zero-order valence-electron chi connectivity index (χ0n) is 12.7. The molecule has 0 heterocycles. The van der Waals surface area contributed by atoms with Crippen LogP contribution in [-0.2, 0) is 10.0 Å². The second-order valence-electron chi connectivity index (χ2n) is 5.61. The summed E-state index contributed by atoms with van der Waals surface area (Å²) in [4.78, 5) is 2.37. The van der Waals surface area contributed by atoms with E-state index in [4.69, 9.17) is 0 Å². The summed E-state index contributed by atoms with van der Waals surface area (Å²) in [5, 5.41) is 9.36. The number of hydrogen-bond acceptors (Lipinski definition) is 4. The molecule has 5 nitrogen and oxygen atoms in total. The van der Waals surface area contributed by atoms with Crippen molar-refractivity contribution in [2.24, 2.45) is 0 Å². The SMILES string of the molecule is CN(C)S(=O)(=O)c1ccccc1N(CCO)C1CCCC1. The summed E-state index contributed by atoms with van der Waals surface area (Å²) in [6.07, 6.45) is 4.43. The number of hydrogen-bond donors (Lipinski definition) is 1. The number of aliphatic hydroxyl groups is 1. The van der Waals surface area contributed by atoms with Crippen LogP contribution in [0.1, 0.15) is 25.7 Å². The van der Waals surface area contributed by atoms with Gasteiger partial charge in [-0.1, -0.05) is 25.0 Å². The Morgan fingerprint density at radius 1 is 1.19 bits per heavy atom. The van der Waals surface area contributed by atoms with Gasteiger partial charge in [0.1, 0.15) is 4.90 Å². The van der Waals surface area contributed by atoms with Gasteiger partial charge >= 0.3 is 0 Å². The highest BCUT2D eigenvalue weighted by molar-refractivity contribution is 7.89. The Balaban J connectivity index is 2.46. The third kappa shape index (κ3) is 3.39. The van der Waals surface area contributed by atoms with Gasteiger partial charge < -0.3 is 10.0 Å². The van der Waals surface area contributed by atoms with Crippen LogP contribution in [0.4, 0.5) is 5.69 Å². The minimum atomic E-state index is -3.49. The van der Waals surface area contributed by atoms with E-state index in [2.05, 4.69) is 4.90 Å². The van der Waals surface area contributed by atoms with E-state index in [1.165, 1.54) is 18.4 Å². The summed E-state index contributed by atoms with van der Waals surface area (Å²) in [7, 11) is -0.411. The number of sulfonamides is 1. The average Bonchev–Trinajstić information content (AvgIpc) is 2.98. The monoisotopic (exact) mass is 312 g/mol. The Kier molecular flexibility index (Phi) is 5.24. The molecular formula is C15H24N2O3S. The van der Waals surface area contributed by atoms with E-state index in [0.29, 0.717) is 23.2 Å². The van der Waals surface area contributed by atoms with Gasteiger partial charge in [-0.2, -0.15) is 0 Å². The van der Waals surface area contributed by atoms with Crippen LogP contribution in [0, 0.1) is 0 Å². The van der Waals surface area contributed by atoms with E-state index in [9.17, 15) is 13.5 Å². The van der Waals surface area contributed by atoms with Gasteiger partial charge in [0, 0.05) is 26.7 Å². The molecule has 0 amide bonds. The van der Waals surface area contributed by atoms with Gasteiger partial charge in [0.25, 0.3) is 0 Å². The van der Waals surface area contributed by atoms with Crippen molar-refractivity contribution in [1.82, 2.24) is 4.31 Å². The fourth-order valence-corrected chi connectivity index (χ4v) is 4.03. The van der Waals surface area contributed by atoms with Gasteiger partial charge in [0.2, 0.25) is 10.0 Å². The number of nitrogens with zero attached hydrogens (tertiary/aromatic N) is 2. The molecule has 0 aromatic heterocycles. The van der Waals surface area contributed by atoms with Crippen LogP contribution >= 0.6 is 0 Å². The Bertz CT molecular complexity index is 566. The molecule has 6 heteroatoms. The van der Waals surface area contributed by atoms with E-state index < -0.39 is 10.0 Å². The molecule has 0 spiro atoms. The Morgan fingerprint density at radius 2 is 1.81 bits per heavy atom. The van der Waals surface area contributed by atoms with Crippen molar-refractivity contribution in [2.45, 2.75) is 36.6 Å². The number of anilines is 1. The molecule has 0 atom stereocenters. The summed E-state index contributed by atoms with van der Waals surface area (Å²) in [6.45, 7) is 0.484. The highest BCUT2D eigenvalue weighted by Gasteiger charge is 2.28. The van der Waals surface area contributed by atoms with Gasteiger partial charge in [0.05, 0.1) is 12.3 Å². The van der Waals surface area contributed by atoms with Crippen molar-refractivity contribution in [1.29, 1.82) is 0 Å². The van der Waals surface area contributed by atoms with Gasteiger partial charge in [-0.3, -0.25) is 0 Å². The number of rotatable bonds is 6. The van der Waals surface area contributed by atoms with Gasteiger partial charge in [-0.05, 0) is 25.0 Å². The third-order valence-electron chi connectivity index (χ3n) is 4.04. The predicted octanol–water partition coefficient (Wildman–Crippen LogP) is 1.68. The maximum atomic E-state index is 12.5. The van der Waals surface area contributed by atoms with Crippen molar-refractivity contribution < 1.29 is 13.5 Å². The highest BCUT2D eigenvalue weighted by atomic mass is 32.2. The van der Waals surface area contributed by atoms with Crippen LogP contribution in [0.15, 0.2) is 29.2 Å². The van der Waals surface area contributed by atoms with Crippen LogP contribution < -0.4 is 4.90 Å². The lowest BCUT2D eigenvalue weighted by atomic mass is 10.1. The maximum absolute atomic E-state index is 12.5. The minimum absolute atomic E-state index is 0.0207.